The van der Waals surface area contributed by atoms with Crippen LogP contribution in [0.1, 0.15) is 44.9 Å². The average molecular weight is 154 g/mol. The first-order valence-electron chi connectivity index (χ1n) is 4.96. The minimum Gasteiger partial charge on any atom is -0.396 e. The molecule has 2 fully saturated rings. The van der Waals surface area contributed by atoms with Crippen LogP contribution in [0.5, 0.6) is 0 Å². The quantitative estimate of drug-likeness (QED) is 0.614. The Bertz CT molecular complexity index is 128. The van der Waals surface area contributed by atoms with Gasteiger partial charge in [-0.2, -0.15) is 0 Å². The van der Waals surface area contributed by atoms with E-state index in [9.17, 15) is 0 Å². The standard InChI is InChI=1S/C10H18O/c11-8-9-6-10(7-9)4-2-1-3-5-10/h9,11H,1-8H2. The van der Waals surface area contributed by atoms with Gasteiger partial charge in [0.05, 0.1) is 0 Å². The molecule has 2 aliphatic rings. The molecule has 2 saturated carbocycles. The summed E-state index contributed by atoms with van der Waals surface area (Å²) in [6.45, 7) is 0.432. The van der Waals surface area contributed by atoms with E-state index in [-0.39, 0.29) is 0 Å². The van der Waals surface area contributed by atoms with Crippen LogP contribution in [-0.2, 0) is 0 Å². The summed E-state index contributed by atoms with van der Waals surface area (Å²) in [6, 6.07) is 0. The van der Waals surface area contributed by atoms with Gasteiger partial charge in [-0.3, -0.25) is 0 Å². The smallest absolute Gasteiger partial charge is 0.0459 e. The molecule has 0 aliphatic heterocycles. The molecule has 0 aromatic carbocycles. The van der Waals surface area contributed by atoms with Crippen LogP contribution in [0.25, 0.3) is 0 Å². The van der Waals surface area contributed by atoms with Crippen molar-refractivity contribution in [3.05, 3.63) is 0 Å². The molecule has 0 atom stereocenters. The fourth-order valence-corrected chi connectivity index (χ4v) is 3.00. The summed E-state index contributed by atoms with van der Waals surface area (Å²) in [5.41, 5.74) is 0.714. The summed E-state index contributed by atoms with van der Waals surface area (Å²) in [7, 11) is 0. The van der Waals surface area contributed by atoms with Crippen LogP contribution < -0.4 is 0 Å². The molecule has 2 rings (SSSR count). The predicted molar refractivity (Wildman–Crippen MR) is 45.3 cm³/mol. The van der Waals surface area contributed by atoms with Gasteiger partial charge in [0.25, 0.3) is 0 Å². The lowest BCUT2D eigenvalue weighted by atomic mass is 9.56. The van der Waals surface area contributed by atoms with E-state index in [1.54, 1.807) is 0 Å². The zero-order chi connectivity index (χ0) is 7.73. The largest absolute Gasteiger partial charge is 0.396 e. The van der Waals surface area contributed by atoms with Crippen LogP contribution in [-0.4, -0.2) is 11.7 Å². The topological polar surface area (TPSA) is 20.2 Å². The molecule has 0 aromatic rings. The molecule has 1 heteroatoms. The van der Waals surface area contributed by atoms with Gasteiger partial charge in [-0.25, -0.2) is 0 Å². The lowest BCUT2D eigenvalue weighted by Crippen LogP contribution is -2.40. The Labute approximate surface area is 68.8 Å². The van der Waals surface area contributed by atoms with E-state index in [2.05, 4.69) is 0 Å². The molecule has 0 amide bonds. The van der Waals surface area contributed by atoms with Crippen molar-refractivity contribution in [2.75, 3.05) is 6.61 Å². The Balaban J connectivity index is 1.84. The first-order chi connectivity index (χ1) is 5.35. The zero-order valence-corrected chi connectivity index (χ0v) is 7.18. The second-order valence-corrected chi connectivity index (χ2v) is 4.52. The normalized spacial score (nSPS) is 30.3. The molecule has 2 aliphatic carbocycles. The highest BCUT2D eigenvalue weighted by atomic mass is 16.3. The number of aliphatic hydroxyl groups excluding tert-OH is 1. The Hall–Kier alpha value is -0.0400. The monoisotopic (exact) mass is 154 g/mol. The Kier molecular flexibility index (Phi) is 1.92. The summed E-state index contributed by atoms with van der Waals surface area (Å²) >= 11 is 0. The predicted octanol–water partition coefficient (Wildman–Crippen LogP) is 2.34. The van der Waals surface area contributed by atoms with Crippen molar-refractivity contribution in [1.29, 1.82) is 0 Å². The van der Waals surface area contributed by atoms with Crippen molar-refractivity contribution >= 4 is 0 Å². The van der Waals surface area contributed by atoms with Gasteiger partial charge >= 0.3 is 0 Å². The van der Waals surface area contributed by atoms with E-state index in [0.717, 1.165) is 0 Å². The van der Waals surface area contributed by atoms with Gasteiger partial charge in [0.2, 0.25) is 0 Å². The van der Waals surface area contributed by atoms with Crippen LogP contribution in [0.15, 0.2) is 0 Å². The minimum absolute atomic E-state index is 0.432. The maximum Gasteiger partial charge on any atom is 0.0459 e. The van der Waals surface area contributed by atoms with Gasteiger partial charge in [-0.05, 0) is 37.0 Å². The van der Waals surface area contributed by atoms with Gasteiger partial charge in [-0.15, -0.1) is 0 Å². The minimum atomic E-state index is 0.432. The highest BCUT2D eigenvalue weighted by molar-refractivity contribution is 4.94. The molecule has 1 N–H and O–H groups in total. The van der Waals surface area contributed by atoms with Crippen molar-refractivity contribution < 1.29 is 5.11 Å². The average Bonchev–Trinajstić information content (AvgIpc) is 2.01. The third kappa shape index (κ3) is 1.31. The Morgan fingerprint density at radius 1 is 1.09 bits per heavy atom. The fourth-order valence-electron chi connectivity index (χ4n) is 3.00. The maximum atomic E-state index is 8.90. The van der Waals surface area contributed by atoms with E-state index >= 15 is 0 Å². The molecule has 0 heterocycles. The molecule has 0 unspecified atom stereocenters. The van der Waals surface area contributed by atoms with Crippen molar-refractivity contribution in [3.8, 4) is 0 Å². The fraction of sp³-hybridized carbons (Fsp3) is 1.00. The van der Waals surface area contributed by atoms with Crippen LogP contribution in [0.4, 0.5) is 0 Å². The second-order valence-electron chi connectivity index (χ2n) is 4.52. The Morgan fingerprint density at radius 3 is 2.27 bits per heavy atom. The Morgan fingerprint density at radius 2 is 1.73 bits per heavy atom. The van der Waals surface area contributed by atoms with Crippen molar-refractivity contribution in [2.45, 2.75) is 44.9 Å². The van der Waals surface area contributed by atoms with Crippen molar-refractivity contribution in [1.82, 2.24) is 0 Å². The summed E-state index contributed by atoms with van der Waals surface area (Å²) < 4.78 is 0. The summed E-state index contributed by atoms with van der Waals surface area (Å²) in [6.07, 6.45) is 9.88. The van der Waals surface area contributed by atoms with Crippen LogP contribution >= 0.6 is 0 Å². The van der Waals surface area contributed by atoms with Crippen molar-refractivity contribution in [2.24, 2.45) is 11.3 Å². The van der Waals surface area contributed by atoms with E-state index in [4.69, 9.17) is 5.11 Å². The first-order valence-corrected chi connectivity index (χ1v) is 4.96. The third-order valence-corrected chi connectivity index (χ3v) is 3.62. The SMILES string of the molecule is OCC1CC2(CCCCC2)C1. The first kappa shape index (κ1) is 7.60. The highest BCUT2D eigenvalue weighted by Crippen LogP contribution is 2.54. The third-order valence-electron chi connectivity index (χ3n) is 3.62. The molecular formula is C10H18O. The van der Waals surface area contributed by atoms with Crippen LogP contribution in [0, 0.1) is 11.3 Å². The van der Waals surface area contributed by atoms with Gasteiger partial charge in [0.15, 0.2) is 0 Å². The van der Waals surface area contributed by atoms with E-state index in [1.165, 1.54) is 44.9 Å². The lowest BCUT2D eigenvalue weighted by Gasteiger charge is -2.50. The molecule has 1 nitrogen and oxygen atoms in total. The van der Waals surface area contributed by atoms with Gasteiger partial charge in [0, 0.05) is 6.61 Å². The second kappa shape index (κ2) is 2.78. The molecule has 0 saturated heterocycles. The lowest BCUT2D eigenvalue weighted by molar-refractivity contribution is -0.0130. The van der Waals surface area contributed by atoms with Gasteiger partial charge in [0.1, 0.15) is 0 Å². The highest BCUT2D eigenvalue weighted by Gasteiger charge is 2.43. The van der Waals surface area contributed by atoms with E-state index in [1.807, 2.05) is 0 Å². The molecule has 0 aromatic heterocycles. The summed E-state index contributed by atoms with van der Waals surface area (Å²) in [5, 5.41) is 8.90. The van der Waals surface area contributed by atoms with E-state index in [0.29, 0.717) is 17.9 Å². The van der Waals surface area contributed by atoms with Gasteiger partial charge < -0.3 is 5.11 Å². The van der Waals surface area contributed by atoms with Crippen molar-refractivity contribution in [3.63, 3.8) is 0 Å². The molecule has 64 valence electrons. The van der Waals surface area contributed by atoms with Crippen LogP contribution in [0.3, 0.4) is 0 Å². The van der Waals surface area contributed by atoms with E-state index < -0.39 is 0 Å². The molecule has 11 heavy (non-hydrogen) atoms. The molecule has 1 spiro atoms. The van der Waals surface area contributed by atoms with Crippen LogP contribution in [0.2, 0.25) is 0 Å². The number of hydrogen-bond acceptors (Lipinski definition) is 1. The zero-order valence-electron chi connectivity index (χ0n) is 7.18. The number of rotatable bonds is 1. The maximum absolute atomic E-state index is 8.90. The molecular weight excluding hydrogens is 136 g/mol. The number of hydrogen-bond donors (Lipinski definition) is 1. The summed E-state index contributed by atoms with van der Waals surface area (Å²) in [4.78, 5) is 0. The number of aliphatic hydroxyl groups is 1. The summed E-state index contributed by atoms with van der Waals surface area (Å²) in [5.74, 6) is 0.660. The van der Waals surface area contributed by atoms with Gasteiger partial charge in [-0.1, -0.05) is 19.3 Å². The molecule has 0 bridgehead atoms. The molecule has 0 radical (unpaired) electrons.